The van der Waals surface area contributed by atoms with Gasteiger partial charge in [-0.15, -0.1) is 10.2 Å². The predicted molar refractivity (Wildman–Crippen MR) is 106 cm³/mol. The summed E-state index contributed by atoms with van der Waals surface area (Å²) in [6, 6.07) is 12.3. The van der Waals surface area contributed by atoms with E-state index in [1.54, 1.807) is 24.3 Å². The molecule has 0 radical (unpaired) electrons. The highest BCUT2D eigenvalue weighted by molar-refractivity contribution is 8.00. The van der Waals surface area contributed by atoms with Gasteiger partial charge in [0.15, 0.2) is 4.34 Å². The first-order valence-electron chi connectivity index (χ1n) is 7.76. The van der Waals surface area contributed by atoms with Gasteiger partial charge in [-0.25, -0.2) is 12.8 Å². The zero-order chi connectivity index (χ0) is 19.4. The van der Waals surface area contributed by atoms with E-state index in [0.29, 0.717) is 15.6 Å². The predicted octanol–water partition coefficient (Wildman–Crippen LogP) is 4.44. The molecule has 0 atom stereocenters. The average molecular weight is 444 g/mol. The molecule has 0 bridgehead atoms. The Labute approximate surface area is 170 Å². The van der Waals surface area contributed by atoms with Crippen LogP contribution in [0.25, 0.3) is 0 Å². The van der Waals surface area contributed by atoms with Crippen LogP contribution in [0.15, 0.2) is 57.8 Å². The molecule has 0 fully saturated rings. The highest BCUT2D eigenvalue weighted by atomic mass is 35.5. The molecule has 0 aliphatic heterocycles. The Kier molecular flexibility index (Phi) is 6.48. The van der Waals surface area contributed by atoms with E-state index in [4.69, 9.17) is 11.6 Å². The summed E-state index contributed by atoms with van der Waals surface area (Å²) in [6.07, 6.45) is 1.86. The molecule has 3 aromatic rings. The first kappa shape index (κ1) is 20.2. The SMILES string of the molecule is CSc1nnc(CN(Cc2ccccc2Cl)S(=O)(=O)c2ccccc2F)s1. The molecule has 2 aromatic carbocycles. The van der Waals surface area contributed by atoms with Gasteiger partial charge in [0.05, 0.1) is 6.54 Å². The Morgan fingerprint density at radius 2 is 1.81 bits per heavy atom. The number of halogens is 2. The number of aromatic nitrogens is 2. The number of sulfonamides is 1. The lowest BCUT2D eigenvalue weighted by Crippen LogP contribution is -2.31. The highest BCUT2D eigenvalue weighted by Gasteiger charge is 2.29. The largest absolute Gasteiger partial charge is 0.246 e. The van der Waals surface area contributed by atoms with Crippen LogP contribution < -0.4 is 0 Å². The first-order valence-corrected chi connectivity index (χ1v) is 11.6. The van der Waals surface area contributed by atoms with Crippen LogP contribution in [0, 0.1) is 5.82 Å². The summed E-state index contributed by atoms with van der Waals surface area (Å²) >= 11 is 8.93. The summed E-state index contributed by atoms with van der Waals surface area (Å²) in [6.45, 7) is -0.0371. The van der Waals surface area contributed by atoms with Crippen LogP contribution in [0.3, 0.4) is 0 Å². The van der Waals surface area contributed by atoms with Gasteiger partial charge in [0.1, 0.15) is 15.7 Å². The lowest BCUT2D eigenvalue weighted by molar-refractivity contribution is 0.396. The van der Waals surface area contributed by atoms with E-state index in [-0.39, 0.29) is 18.0 Å². The molecule has 27 heavy (non-hydrogen) atoms. The van der Waals surface area contributed by atoms with Gasteiger partial charge in [-0.1, -0.05) is 65.0 Å². The van der Waals surface area contributed by atoms with Gasteiger partial charge in [0.25, 0.3) is 0 Å². The van der Waals surface area contributed by atoms with Crippen LogP contribution in [-0.2, 0) is 23.1 Å². The van der Waals surface area contributed by atoms with Gasteiger partial charge in [-0.3, -0.25) is 0 Å². The van der Waals surface area contributed by atoms with E-state index < -0.39 is 15.8 Å². The summed E-state index contributed by atoms with van der Waals surface area (Å²) in [5, 5.41) is 8.99. The summed E-state index contributed by atoms with van der Waals surface area (Å²) < 4.78 is 42.4. The minimum atomic E-state index is -4.11. The molecule has 1 aromatic heterocycles. The van der Waals surface area contributed by atoms with Gasteiger partial charge in [-0.2, -0.15) is 4.31 Å². The molecule has 0 N–H and O–H groups in total. The van der Waals surface area contributed by atoms with Crippen molar-refractivity contribution < 1.29 is 12.8 Å². The van der Waals surface area contributed by atoms with Crippen molar-refractivity contribution in [2.45, 2.75) is 22.3 Å². The van der Waals surface area contributed by atoms with Gasteiger partial charge in [0, 0.05) is 11.6 Å². The Balaban J connectivity index is 2.00. The quantitative estimate of drug-likeness (QED) is 0.505. The van der Waals surface area contributed by atoms with Crippen LogP contribution in [0.4, 0.5) is 4.39 Å². The third-order valence-corrected chi connectivity index (χ3v) is 7.77. The minimum Gasteiger partial charge on any atom is -0.207 e. The maximum atomic E-state index is 14.2. The normalized spacial score (nSPS) is 11.9. The van der Waals surface area contributed by atoms with Gasteiger partial charge in [-0.05, 0) is 30.0 Å². The molecule has 10 heteroatoms. The molecule has 0 saturated carbocycles. The zero-order valence-electron chi connectivity index (χ0n) is 14.2. The molecular weight excluding hydrogens is 429 g/mol. The molecule has 0 aliphatic carbocycles. The third-order valence-electron chi connectivity index (χ3n) is 3.69. The monoisotopic (exact) mass is 443 g/mol. The molecule has 0 saturated heterocycles. The van der Waals surface area contributed by atoms with Gasteiger partial charge >= 0.3 is 0 Å². The van der Waals surface area contributed by atoms with E-state index in [1.165, 1.54) is 41.3 Å². The van der Waals surface area contributed by atoms with Crippen LogP contribution in [0.2, 0.25) is 5.02 Å². The minimum absolute atomic E-state index is 0.00940. The maximum absolute atomic E-state index is 14.2. The second-order valence-corrected chi connectivity index (χ2v) is 9.89. The second kappa shape index (κ2) is 8.66. The number of rotatable bonds is 7. The maximum Gasteiger partial charge on any atom is 0.246 e. The lowest BCUT2D eigenvalue weighted by Gasteiger charge is -2.22. The number of benzene rings is 2. The van der Waals surface area contributed by atoms with E-state index in [0.717, 1.165) is 14.7 Å². The topological polar surface area (TPSA) is 63.2 Å². The molecule has 0 amide bonds. The fraction of sp³-hybridized carbons (Fsp3) is 0.176. The molecule has 5 nitrogen and oxygen atoms in total. The lowest BCUT2D eigenvalue weighted by atomic mass is 10.2. The molecule has 3 rings (SSSR count). The third kappa shape index (κ3) is 4.67. The Morgan fingerprint density at radius 3 is 2.48 bits per heavy atom. The van der Waals surface area contributed by atoms with Crippen LogP contribution in [-0.4, -0.2) is 29.2 Å². The first-order chi connectivity index (χ1) is 12.9. The van der Waals surface area contributed by atoms with Crippen molar-refractivity contribution >= 4 is 44.7 Å². The smallest absolute Gasteiger partial charge is 0.207 e. The van der Waals surface area contributed by atoms with Crippen molar-refractivity contribution in [3.8, 4) is 0 Å². The van der Waals surface area contributed by atoms with Gasteiger partial charge in [0.2, 0.25) is 10.0 Å². The number of nitrogens with zero attached hydrogens (tertiary/aromatic N) is 3. The van der Waals surface area contributed by atoms with Crippen LogP contribution >= 0.6 is 34.7 Å². The van der Waals surface area contributed by atoms with Crippen LogP contribution in [0.5, 0.6) is 0 Å². The van der Waals surface area contributed by atoms with Crippen LogP contribution in [0.1, 0.15) is 10.6 Å². The molecular formula is C17H15ClFN3O2S3. The van der Waals surface area contributed by atoms with Gasteiger partial charge < -0.3 is 0 Å². The Hall–Kier alpha value is -1.52. The zero-order valence-corrected chi connectivity index (χ0v) is 17.4. The van der Waals surface area contributed by atoms with Crippen molar-refractivity contribution in [1.82, 2.24) is 14.5 Å². The second-order valence-electron chi connectivity index (χ2n) is 5.46. The van der Waals surface area contributed by atoms with Crippen molar-refractivity contribution in [2.75, 3.05) is 6.26 Å². The van der Waals surface area contributed by atoms with E-state index >= 15 is 0 Å². The number of hydrogen-bond acceptors (Lipinski definition) is 6. The molecule has 142 valence electrons. The highest BCUT2D eigenvalue weighted by Crippen LogP contribution is 2.27. The van der Waals surface area contributed by atoms with Crippen molar-refractivity contribution in [2.24, 2.45) is 0 Å². The average Bonchev–Trinajstić information content (AvgIpc) is 3.11. The summed E-state index contributed by atoms with van der Waals surface area (Å²) in [5.41, 5.74) is 0.619. The molecule has 1 heterocycles. The summed E-state index contributed by atoms with van der Waals surface area (Å²) in [4.78, 5) is -0.383. The number of thioether (sulfide) groups is 1. The van der Waals surface area contributed by atoms with E-state index in [2.05, 4.69) is 10.2 Å². The Morgan fingerprint density at radius 1 is 1.11 bits per heavy atom. The van der Waals surface area contributed by atoms with Crippen molar-refractivity contribution in [3.05, 3.63) is 69.9 Å². The molecule has 0 aliphatic rings. The fourth-order valence-corrected chi connectivity index (χ4v) is 5.42. The summed E-state index contributed by atoms with van der Waals surface area (Å²) in [5.74, 6) is -0.802. The molecule has 0 unspecified atom stereocenters. The van der Waals surface area contributed by atoms with E-state index in [1.807, 2.05) is 6.26 Å². The Bertz CT molecular complexity index is 1040. The standard InChI is InChI=1S/C17H15ClFN3O2S3/c1-25-17-21-20-16(26-17)11-22(10-12-6-2-3-7-13(12)18)27(23,24)15-9-5-4-8-14(15)19/h2-9H,10-11H2,1H3. The summed E-state index contributed by atoms with van der Waals surface area (Å²) in [7, 11) is -4.11. The van der Waals surface area contributed by atoms with Crippen molar-refractivity contribution in [1.29, 1.82) is 0 Å². The fourth-order valence-electron chi connectivity index (χ4n) is 2.37. The van der Waals surface area contributed by atoms with Crippen molar-refractivity contribution in [3.63, 3.8) is 0 Å². The number of hydrogen-bond donors (Lipinski definition) is 0. The molecule has 0 spiro atoms. The van der Waals surface area contributed by atoms with E-state index in [9.17, 15) is 12.8 Å².